The molecule has 2 aromatic rings. The summed E-state index contributed by atoms with van der Waals surface area (Å²) in [7, 11) is 0. The lowest BCUT2D eigenvalue weighted by Gasteiger charge is -2.14. The van der Waals surface area contributed by atoms with Gasteiger partial charge in [-0.05, 0) is 36.1 Å². The van der Waals surface area contributed by atoms with E-state index in [1.54, 1.807) is 18.3 Å². The van der Waals surface area contributed by atoms with E-state index < -0.39 is 0 Å². The van der Waals surface area contributed by atoms with Crippen molar-refractivity contribution in [3.8, 4) is 0 Å². The zero-order valence-corrected chi connectivity index (χ0v) is 14.1. The van der Waals surface area contributed by atoms with Gasteiger partial charge in [-0.25, -0.2) is 4.98 Å². The molecule has 0 bridgehead atoms. The number of pyridine rings is 1. The van der Waals surface area contributed by atoms with Crippen LogP contribution in [0.4, 0.5) is 11.5 Å². The Morgan fingerprint density at radius 3 is 2.74 bits per heavy atom. The van der Waals surface area contributed by atoms with Crippen molar-refractivity contribution in [2.75, 3.05) is 17.2 Å². The van der Waals surface area contributed by atoms with Crippen molar-refractivity contribution >= 4 is 17.4 Å². The minimum atomic E-state index is -0.112. The summed E-state index contributed by atoms with van der Waals surface area (Å²) in [5.74, 6) is 0.984. The zero-order valence-electron chi connectivity index (χ0n) is 14.1. The molecular weight excluding hydrogens is 286 g/mol. The zero-order chi connectivity index (χ0) is 16.7. The number of carbonyl (C=O) groups is 1. The summed E-state index contributed by atoms with van der Waals surface area (Å²) in [6.07, 6.45) is 3.87. The summed E-state index contributed by atoms with van der Waals surface area (Å²) in [6, 6.07) is 11.4. The first-order chi connectivity index (χ1) is 11.1. The number of benzene rings is 1. The maximum Gasteiger partial charge on any atom is 0.255 e. The van der Waals surface area contributed by atoms with E-state index in [2.05, 4.69) is 36.4 Å². The number of hydrogen-bond acceptors (Lipinski definition) is 3. The number of para-hydroxylation sites is 1. The fraction of sp³-hybridized carbons (Fsp3) is 0.368. The van der Waals surface area contributed by atoms with Gasteiger partial charge in [-0.1, -0.05) is 45.4 Å². The van der Waals surface area contributed by atoms with Gasteiger partial charge in [0, 0.05) is 24.0 Å². The molecule has 2 N–H and O–H groups in total. The van der Waals surface area contributed by atoms with Crippen molar-refractivity contribution in [2.45, 2.75) is 39.5 Å². The van der Waals surface area contributed by atoms with Crippen LogP contribution in [0, 0.1) is 0 Å². The first-order valence-corrected chi connectivity index (χ1v) is 8.22. The summed E-state index contributed by atoms with van der Waals surface area (Å²) in [5, 5.41) is 6.25. The Kier molecular flexibility index (Phi) is 6.15. The van der Waals surface area contributed by atoms with E-state index in [0.29, 0.717) is 11.5 Å². The summed E-state index contributed by atoms with van der Waals surface area (Å²) < 4.78 is 0. The molecular formula is C19H25N3O. The smallest absolute Gasteiger partial charge is 0.255 e. The second kappa shape index (κ2) is 8.32. The number of amides is 1. The van der Waals surface area contributed by atoms with Gasteiger partial charge in [0.1, 0.15) is 5.82 Å². The van der Waals surface area contributed by atoms with E-state index >= 15 is 0 Å². The van der Waals surface area contributed by atoms with Gasteiger partial charge in [-0.2, -0.15) is 0 Å². The molecule has 4 nitrogen and oxygen atoms in total. The molecule has 0 saturated carbocycles. The maximum absolute atomic E-state index is 12.5. The molecule has 0 atom stereocenters. The molecule has 0 fully saturated rings. The molecule has 0 unspecified atom stereocenters. The quantitative estimate of drug-likeness (QED) is 0.731. The highest BCUT2D eigenvalue weighted by atomic mass is 16.1. The van der Waals surface area contributed by atoms with E-state index in [-0.39, 0.29) is 5.91 Å². The molecule has 0 aliphatic carbocycles. The highest BCUT2D eigenvalue weighted by molar-refractivity contribution is 6.05. The van der Waals surface area contributed by atoms with E-state index in [4.69, 9.17) is 0 Å². The van der Waals surface area contributed by atoms with Crippen LogP contribution in [0.2, 0.25) is 0 Å². The Labute approximate surface area is 138 Å². The van der Waals surface area contributed by atoms with Crippen molar-refractivity contribution < 1.29 is 4.79 Å². The van der Waals surface area contributed by atoms with Gasteiger partial charge in [-0.15, -0.1) is 0 Å². The number of hydrogen-bond donors (Lipinski definition) is 2. The predicted octanol–water partition coefficient (Wildman–Crippen LogP) is 4.67. The van der Waals surface area contributed by atoms with Gasteiger partial charge in [0.05, 0.1) is 0 Å². The number of unbranched alkanes of at least 4 members (excludes halogenated alkanes) is 1. The lowest BCUT2D eigenvalue weighted by molar-refractivity contribution is 0.102. The minimum Gasteiger partial charge on any atom is -0.370 e. The van der Waals surface area contributed by atoms with Gasteiger partial charge in [0.2, 0.25) is 0 Å². The lowest BCUT2D eigenvalue weighted by atomic mass is 10.0. The molecule has 0 spiro atoms. The molecule has 2 rings (SSSR count). The Bertz CT molecular complexity index is 653. The van der Waals surface area contributed by atoms with Crippen LogP contribution < -0.4 is 10.6 Å². The van der Waals surface area contributed by atoms with Crippen LogP contribution in [0.25, 0.3) is 0 Å². The van der Waals surface area contributed by atoms with Crippen molar-refractivity contribution in [1.82, 2.24) is 4.98 Å². The van der Waals surface area contributed by atoms with Crippen molar-refractivity contribution in [2.24, 2.45) is 0 Å². The van der Waals surface area contributed by atoms with Crippen molar-refractivity contribution in [3.05, 3.63) is 53.7 Å². The lowest BCUT2D eigenvalue weighted by Crippen LogP contribution is -2.14. The van der Waals surface area contributed by atoms with Crippen LogP contribution in [0.3, 0.4) is 0 Å². The number of aromatic nitrogens is 1. The van der Waals surface area contributed by atoms with E-state index in [9.17, 15) is 4.79 Å². The highest BCUT2D eigenvalue weighted by Gasteiger charge is 2.11. The number of nitrogens with zero attached hydrogens (tertiary/aromatic N) is 1. The molecule has 0 aliphatic heterocycles. The van der Waals surface area contributed by atoms with E-state index in [1.165, 1.54) is 0 Å². The van der Waals surface area contributed by atoms with Gasteiger partial charge >= 0.3 is 0 Å². The van der Waals surface area contributed by atoms with Crippen LogP contribution in [0.1, 0.15) is 55.5 Å². The van der Waals surface area contributed by atoms with Crippen LogP contribution in [-0.4, -0.2) is 17.4 Å². The Morgan fingerprint density at radius 2 is 2.00 bits per heavy atom. The number of rotatable bonds is 7. The summed E-state index contributed by atoms with van der Waals surface area (Å²) >= 11 is 0. The molecule has 0 aliphatic rings. The normalized spacial score (nSPS) is 10.6. The molecule has 122 valence electrons. The first-order valence-electron chi connectivity index (χ1n) is 8.22. The standard InChI is InChI=1S/C19H25N3O/c1-4-5-11-20-18-13-15(10-12-21-18)19(23)22-17-9-7-6-8-16(17)14(2)3/h6-10,12-14H,4-5,11H2,1-3H3,(H,20,21)(H,22,23). The van der Waals surface area contributed by atoms with Gasteiger partial charge in [0.15, 0.2) is 0 Å². The molecule has 1 heterocycles. The molecule has 23 heavy (non-hydrogen) atoms. The Morgan fingerprint density at radius 1 is 1.22 bits per heavy atom. The molecule has 1 amide bonds. The van der Waals surface area contributed by atoms with E-state index in [1.807, 2.05) is 24.3 Å². The predicted molar refractivity (Wildman–Crippen MR) is 96.1 cm³/mol. The Balaban J connectivity index is 2.10. The van der Waals surface area contributed by atoms with Gasteiger partial charge in [0.25, 0.3) is 5.91 Å². The summed E-state index contributed by atoms with van der Waals surface area (Å²) in [6.45, 7) is 7.25. The van der Waals surface area contributed by atoms with Crippen LogP contribution >= 0.6 is 0 Å². The minimum absolute atomic E-state index is 0.112. The summed E-state index contributed by atoms with van der Waals surface area (Å²) in [5.41, 5.74) is 2.61. The molecule has 4 heteroatoms. The first kappa shape index (κ1) is 17.0. The monoisotopic (exact) mass is 311 g/mol. The largest absolute Gasteiger partial charge is 0.370 e. The number of anilines is 2. The molecule has 0 radical (unpaired) electrons. The summed E-state index contributed by atoms with van der Waals surface area (Å²) in [4.78, 5) is 16.8. The Hall–Kier alpha value is -2.36. The van der Waals surface area contributed by atoms with Crippen molar-refractivity contribution in [1.29, 1.82) is 0 Å². The fourth-order valence-electron chi connectivity index (χ4n) is 2.37. The third-order valence-electron chi connectivity index (χ3n) is 3.69. The second-order valence-corrected chi connectivity index (χ2v) is 5.91. The van der Waals surface area contributed by atoms with Gasteiger partial charge < -0.3 is 10.6 Å². The van der Waals surface area contributed by atoms with Gasteiger partial charge in [-0.3, -0.25) is 4.79 Å². The number of nitrogens with one attached hydrogen (secondary N) is 2. The molecule has 0 saturated heterocycles. The molecule has 1 aromatic carbocycles. The highest BCUT2D eigenvalue weighted by Crippen LogP contribution is 2.24. The topological polar surface area (TPSA) is 54.0 Å². The van der Waals surface area contributed by atoms with Crippen molar-refractivity contribution in [3.63, 3.8) is 0 Å². The third-order valence-corrected chi connectivity index (χ3v) is 3.69. The van der Waals surface area contributed by atoms with E-state index in [0.717, 1.165) is 36.5 Å². The SMILES string of the molecule is CCCCNc1cc(C(=O)Nc2ccccc2C(C)C)ccn1. The average Bonchev–Trinajstić information content (AvgIpc) is 2.55. The third kappa shape index (κ3) is 4.81. The molecule has 1 aromatic heterocycles. The fourth-order valence-corrected chi connectivity index (χ4v) is 2.37. The maximum atomic E-state index is 12.5. The average molecular weight is 311 g/mol. The second-order valence-electron chi connectivity index (χ2n) is 5.91. The van der Waals surface area contributed by atoms with Crippen LogP contribution in [-0.2, 0) is 0 Å². The van der Waals surface area contributed by atoms with Crippen LogP contribution in [0.15, 0.2) is 42.6 Å². The number of carbonyl (C=O) groups excluding carboxylic acids is 1. The van der Waals surface area contributed by atoms with Crippen LogP contribution in [0.5, 0.6) is 0 Å².